The third-order valence-electron chi connectivity index (χ3n) is 1.84. The molecule has 0 aliphatic rings. The molecule has 0 bridgehead atoms. The normalized spacial score (nSPS) is 14.1. The lowest BCUT2D eigenvalue weighted by Crippen LogP contribution is -2.19. The van der Waals surface area contributed by atoms with Gasteiger partial charge in [-0.3, -0.25) is 0 Å². The van der Waals surface area contributed by atoms with Crippen molar-refractivity contribution in [3.05, 3.63) is 35.1 Å². The second-order valence-electron chi connectivity index (χ2n) is 2.95. The Kier molecular flexibility index (Phi) is 3.21. The number of hydrogen-bond acceptors (Lipinski definition) is 1. The molecule has 0 saturated heterocycles. The lowest BCUT2D eigenvalue weighted by Gasteiger charge is -2.18. The molecule has 1 rings (SSSR count). The summed E-state index contributed by atoms with van der Waals surface area (Å²) in [5.41, 5.74) is 0.296. The monoisotopic (exact) mass is 268 g/mol. The molecule has 78 valence electrons. The van der Waals surface area contributed by atoms with Crippen LogP contribution >= 0.6 is 15.9 Å². The van der Waals surface area contributed by atoms with Gasteiger partial charge >= 0.3 is 4.83 Å². The molecule has 0 saturated carbocycles. The van der Waals surface area contributed by atoms with E-state index in [0.29, 0.717) is 0 Å². The van der Waals surface area contributed by atoms with Crippen molar-refractivity contribution in [1.29, 1.82) is 0 Å². The van der Waals surface area contributed by atoms with E-state index < -0.39 is 16.8 Å². The summed E-state index contributed by atoms with van der Waals surface area (Å²) < 4.78 is 37.9. The van der Waals surface area contributed by atoms with Crippen LogP contribution in [0.2, 0.25) is 0 Å². The van der Waals surface area contributed by atoms with Crippen molar-refractivity contribution in [3.63, 3.8) is 0 Å². The minimum absolute atomic E-state index is 0.00766. The second-order valence-corrected chi connectivity index (χ2v) is 4.00. The van der Waals surface area contributed by atoms with Crippen LogP contribution in [-0.4, -0.2) is 9.94 Å². The second kappa shape index (κ2) is 3.90. The van der Waals surface area contributed by atoms with E-state index in [0.717, 1.165) is 18.2 Å². The highest BCUT2D eigenvalue weighted by atomic mass is 79.9. The summed E-state index contributed by atoms with van der Waals surface area (Å²) in [5.74, 6) is -0.517. The van der Waals surface area contributed by atoms with Crippen molar-refractivity contribution >= 4 is 15.9 Å². The Morgan fingerprint density at radius 1 is 1.43 bits per heavy atom. The molecule has 1 atom stereocenters. The van der Waals surface area contributed by atoms with Crippen LogP contribution in [0.1, 0.15) is 17.2 Å². The molecule has 1 aromatic rings. The number of benzene rings is 1. The molecule has 1 nitrogen and oxygen atoms in total. The molecule has 1 unspecified atom stereocenters. The van der Waals surface area contributed by atoms with Crippen LogP contribution in [0.3, 0.4) is 0 Å². The maximum Gasteiger partial charge on any atom is 0.330 e. The fourth-order valence-corrected chi connectivity index (χ4v) is 1.37. The molecule has 0 aliphatic heterocycles. The maximum absolute atomic E-state index is 12.7. The SMILES string of the molecule is Cc1cc(F)ccc1C(O)C(F)(F)Br. The molecule has 5 heteroatoms. The van der Waals surface area contributed by atoms with Gasteiger partial charge in [0.2, 0.25) is 0 Å². The zero-order chi connectivity index (χ0) is 10.9. The van der Waals surface area contributed by atoms with E-state index in [1.807, 2.05) is 0 Å². The van der Waals surface area contributed by atoms with Gasteiger partial charge in [-0.1, -0.05) is 6.07 Å². The van der Waals surface area contributed by atoms with Gasteiger partial charge in [0, 0.05) is 0 Å². The van der Waals surface area contributed by atoms with Gasteiger partial charge in [-0.05, 0) is 46.1 Å². The van der Waals surface area contributed by atoms with E-state index >= 15 is 0 Å². The highest BCUT2D eigenvalue weighted by Crippen LogP contribution is 2.37. The lowest BCUT2D eigenvalue weighted by atomic mass is 10.0. The van der Waals surface area contributed by atoms with Gasteiger partial charge in [0.1, 0.15) is 5.82 Å². The number of halogens is 4. The van der Waals surface area contributed by atoms with Gasteiger partial charge in [-0.25, -0.2) is 4.39 Å². The molecular weight excluding hydrogens is 261 g/mol. The van der Waals surface area contributed by atoms with Gasteiger partial charge in [-0.2, -0.15) is 8.78 Å². The Hall–Kier alpha value is -0.550. The summed E-state index contributed by atoms with van der Waals surface area (Å²) in [4.78, 5) is -3.41. The van der Waals surface area contributed by atoms with Gasteiger partial charge in [0.05, 0.1) is 0 Å². The summed E-state index contributed by atoms with van der Waals surface area (Å²) in [6.45, 7) is 1.46. The van der Waals surface area contributed by atoms with E-state index in [9.17, 15) is 18.3 Å². The van der Waals surface area contributed by atoms with Crippen molar-refractivity contribution in [2.75, 3.05) is 0 Å². The first-order valence-electron chi connectivity index (χ1n) is 3.83. The van der Waals surface area contributed by atoms with E-state index in [2.05, 4.69) is 15.9 Å². The van der Waals surface area contributed by atoms with Crippen LogP contribution in [0.5, 0.6) is 0 Å². The van der Waals surface area contributed by atoms with Gasteiger partial charge in [-0.15, -0.1) is 0 Å². The molecule has 0 aliphatic carbocycles. The Morgan fingerprint density at radius 3 is 2.43 bits per heavy atom. The average Bonchev–Trinajstić information content (AvgIpc) is 2.01. The molecule has 14 heavy (non-hydrogen) atoms. The highest BCUT2D eigenvalue weighted by molar-refractivity contribution is 9.10. The first kappa shape index (κ1) is 11.5. The first-order chi connectivity index (χ1) is 6.32. The quantitative estimate of drug-likeness (QED) is 0.817. The highest BCUT2D eigenvalue weighted by Gasteiger charge is 2.36. The van der Waals surface area contributed by atoms with Crippen LogP contribution in [0.15, 0.2) is 18.2 Å². The molecule has 1 N–H and O–H groups in total. The van der Waals surface area contributed by atoms with Crippen molar-refractivity contribution in [1.82, 2.24) is 0 Å². The minimum Gasteiger partial charge on any atom is -0.381 e. The number of hydrogen-bond donors (Lipinski definition) is 1. The van der Waals surface area contributed by atoms with Crippen LogP contribution in [-0.2, 0) is 0 Å². The Labute approximate surface area is 87.7 Å². The largest absolute Gasteiger partial charge is 0.381 e. The van der Waals surface area contributed by atoms with E-state index in [1.54, 1.807) is 0 Å². The summed E-state index contributed by atoms with van der Waals surface area (Å²) in [6, 6.07) is 3.27. The Balaban J connectivity index is 3.08. The summed E-state index contributed by atoms with van der Waals surface area (Å²) in [6.07, 6.45) is -1.97. The van der Waals surface area contributed by atoms with E-state index in [4.69, 9.17) is 0 Å². The molecule has 0 heterocycles. The van der Waals surface area contributed by atoms with E-state index in [1.165, 1.54) is 6.92 Å². The predicted molar refractivity (Wildman–Crippen MR) is 50.0 cm³/mol. The minimum atomic E-state index is -3.41. The maximum atomic E-state index is 12.7. The van der Waals surface area contributed by atoms with Crippen LogP contribution < -0.4 is 0 Å². The number of aryl methyl sites for hydroxylation is 1. The molecule has 0 fully saturated rings. The predicted octanol–water partition coefficient (Wildman–Crippen LogP) is 3.16. The molecule has 0 spiro atoms. The summed E-state index contributed by atoms with van der Waals surface area (Å²) in [5, 5.41) is 9.21. The summed E-state index contributed by atoms with van der Waals surface area (Å²) >= 11 is 2.06. The van der Waals surface area contributed by atoms with Gasteiger partial charge < -0.3 is 5.11 Å². The topological polar surface area (TPSA) is 20.2 Å². The van der Waals surface area contributed by atoms with E-state index in [-0.39, 0.29) is 11.1 Å². The number of aliphatic hydroxyl groups excluding tert-OH is 1. The van der Waals surface area contributed by atoms with Gasteiger partial charge in [0.25, 0.3) is 0 Å². The lowest BCUT2D eigenvalue weighted by molar-refractivity contribution is -0.0298. The van der Waals surface area contributed by atoms with Crippen molar-refractivity contribution in [3.8, 4) is 0 Å². The van der Waals surface area contributed by atoms with Crippen LogP contribution in [0.25, 0.3) is 0 Å². The summed E-state index contributed by atoms with van der Waals surface area (Å²) in [7, 11) is 0. The third-order valence-corrected chi connectivity index (χ3v) is 2.27. The fourth-order valence-electron chi connectivity index (χ4n) is 1.12. The molecule has 0 amide bonds. The number of aliphatic hydroxyl groups is 1. The Morgan fingerprint density at radius 2 is 2.00 bits per heavy atom. The standard InChI is InChI=1S/C9H8BrF3O/c1-5-4-6(11)2-3-7(5)8(14)9(10,12)13/h2-4,8,14H,1H3. The fraction of sp³-hybridized carbons (Fsp3) is 0.333. The van der Waals surface area contributed by atoms with Gasteiger partial charge in [0.15, 0.2) is 6.10 Å². The van der Waals surface area contributed by atoms with Crippen molar-refractivity contribution in [2.24, 2.45) is 0 Å². The zero-order valence-electron chi connectivity index (χ0n) is 7.27. The third kappa shape index (κ3) is 2.48. The Bertz CT molecular complexity index is 335. The van der Waals surface area contributed by atoms with Crippen molar-refractivity contribution in [2.45, 2.75) is 17.9 Å². The first-order valence-corrected chi connectivity index (χ1v) is 4.62. The molecule has 1 aromatic carbocycles. The van der Waals surface area contributed by atoms with Crippen LogP contribution in [0.4, 0.5) is 13.2 Å². The number of alkyl halides is 3. The molecule has 0 aromatic heterocycles. The smallest absolute Gasteiger partial charge is 0.330 e. The molecular formula is C9H8BrF3O. The van der Waals surface area contributed by atoms with Crippen molar-refractivity contribution < 1.29 is 18.3 Å². The van der Waals surface area contributed by atoms with Crippen LogP contribution in [0, 0.1) is 12.7 Å². The molecule has 0 radical (unpaired) electrons. The number of rotatable bonds is 2. The zero-order valence-corrected chi connectivity index (χ0v) is 8.85. The average molecular weight is 269 g/mol.